The van der Waals surface area contributed by atoms with Gasteiger partial charge in [0.15, 0.2) is 0 Å². The van der Waals surface area contributed by atoms with Gasteiger partial charge in [0.05, 0.1) is 46.6 Å². The molecule has 10 aromatic carbocycles. The van der Waals surface area contributed by atoms with E-state index in [4.69, 9.17) is 24.7 Å². The van der Waals surface area contributed by atoms with E-state index in [9.17, 15) is 21.9 Å². The summed E-state index contributed by atoms with van der Waals surface area (Å²) < 4.78 is 308. The van der Waals surface area contributed by atoms with Gasteiger partial charge in [-0.05, 0) is 123 Å². The van der Waals surface area contributed by atoms with Crippen LogP contribution in [-0.4, -0.2) is 0 Å². The number of hydrogen-bond donors (Lipinski definition) is 0. The first-order valence-corrected chi connectivity index (χ1v) is 15.2. The normalized spacial score (nSPS) is 20.6. The molecule has 0 saturated heterocycles. The van der Waals surface area contributed by atoms with Crippen molar-refractivity contribution in [1.29, 1.82) is 0 Å². The van der Waals surface area contributed by atoms with E-state index in [0.29, 0.717) is 0 Å². The highest BCUT2D eigenvalue weighted by Crippen LogP contribution is 2.46. The van der Waals surface area contributed by atoms with Crippen LogP contribution in [0.25, 0.3) is 98.7 Å². The standard InChI is InChI=1S/C52H34/c1-2-11-35(12-3-1)38-21-23-39(24-22-38)42-17-10-18-45(32-42)51-47-19-8-9-20-48(47)52(46-28-26-37-14-5-7-16-41(37)33-46)50-34-44(29-30-49(50)51)43-27-25-36-13-4-6-15-40(36)31-43/h1-34H/i1D,2D,3D,4D,5D,6D,7D,8D,9D,10D,11D,12D,13D,14D,15D,16D,17D,18D,19D,20D,21D,22D,23D,24D,25D,26D,27D,28D,29D,30D,31D,32D,33D,34D. The van der Waals surface area contributed by atoms with Crippen LogP contribution >= 0.6 is 0 Å². The summed E-state index contributed by atoms with van der Waals surface area (Å²) in [6.07, 6.45) is 0. The molecule has 0 atom stereocenters. The molecule has 10 rings (SSSR count). The van der Waals surface area contributed by atoms with Gasteiger partial charge in [0.1, 0.15) is 0 Å². The SMILES string of the molecule is [2H]c1c([2H])c([2H])c(-c2c([2H])c([2H])c(-c3c([2H])c([2H])c([2H])c(-c4c5c([2H])c([2H])c([2H])c([2H])c5c(-c5c([2H])c([2H])c6c([2H])c([2H])c([2H])c([2H])c6c5[2H])c5c([2H])c(-c6c([2H])c([2H])c7c([2H])c([2H])c([2H])c([2H])c7c6[2H])c([2H])c([2H])c45)c3[2H])c([2H])c2[2H])c([2H])c1[2H]. The van der Waals surface area contributed by atoms with E-state index in [-0.39, 0.29) is 0 Å². The number of rotatable bonds is 5. The van der Waals surface area contributed by atoms with Crippen molar-refractivity contribution < 1.29 is 46.6 Å². The molecule has 242 valence electrons. The van der Waals surface area contributed by atoms with E-state index in [1.807, 2.05) is 0 Å². The molecule has 0 aliphatic heterocycles. The van der Waals surface area contributed by atoms with Crippen LogP contribution in [0.1, 0.15) is 46.6 Å². The maximum atomic E-state index is 10.2. The lowest BCUT2D eigenvalue weighted by atomic mass is 9.84. The second-order valence-electron chi connectivity index (χ2n) is 11.0. The fraction of sp³-hybridized carbons (Fsp3) is 0. The van der Waals surface area contributed by atoms with Gasteiger partial charge in [0, 0.05) is 0 Å². The molecule has 0 aliphatic carbocycles. The van der Waals surface area contributed by atoms with Crippen LogP contribution in [0.4, 0.5) is 0 Å². The molecule has 0 saturated carbocycles. The van der Waals surface area contributed by atoms with Gasteiger partial charge in [0.25, 0.3) is 0 Å². The maximum Gasteiger partial charge on any atom is 0.0636 e. The Kier molecular flexibility index (Phi) is 2.74. The Hall–Kier alpha value is -6.76. The summed E-state index contributed by atoms with van der Waals surface area (Å²) in [6.45, 7) is 0. The van der Waals surface area contributed by atoms with Crippen molar-refractivity contribution in [3.8, 4) is 55.6 Å². The zero-order chi connectivity index (χ0) is 64.0. The van der Waals surface area contributed by atoms with Gasteiger partial charge in [-0.15, -0.1) is 0 Å². The summed E-state index contributed by atoms with van der Waals surface area (Å²) in [5.41, 5.74) is -9.46. The van der Waals surface area contributed by atoms with Gasteiger partial charge < -0.3 is 0 Å². The molecule has 52 heavy (non-hydrogen) atoms. The van der Waals surface area contributed by atoms with Gasteiger partial charge in [-0.25, -0.2) is 0 Å². The predicted molar refractivity (Wildman–Crippen MR) is 224 cm³/mol. The highest BCUT2D eigenvalue weighted by molar-refractivity contribution is 6.22. The second-order valence-corrected chi connectivity index (χ2v) is 11.0. The van der Waals surface area contributed by atoms with Crippen LogP contribution in [0.3, 0.4) is 0 Å². The Morgan fingerprint density at radius 2 is 0.596 bits per heavy atom. The van der Waals surface area contributed by atoms with Crippen LogP contribution in [0.15, 0.2) is 205 Å². The summed E-state index contributed by atoms with van der Waals surface area (Å²) in [5.74, 6) is 0. The van der Waals surface area contributed by atoms with Crippen LogP contribution in [-0.2, 0) is 0 Å². The van der Waals surface area contributed by atoms with E-state index in [2.05, 4.69) is 0 Å². The molecule has 0 N–H and O–H groups in total. The molecule has 0 aromatic heterocycles. The summed E-state index contributed by atoms with van der Waals surface area (Å²) in [4.78, 5) is 0. The average molecular weight is 693 g/mol. The Morgan fingerprint density at radius 1 is 0.212 bits per heavy atom. The molecular weight excluding hydrogens is 625 g/mol. The van der Waals surface area contributed by atoms with E-state index < -0.39 is 304 Å². The number of fused-ring (bicyclic) bond motifs is 4. The lowest BCUT2D eigenvalue weighted by molar-refractivity contribution is 1.58. The van der Waals surface area contributed by atoms with Gasteiger partial charge in [0.2, 0.25) is 0 Å². The Balaban J connectivity index is 1.52. The van der Waals surface area contributed by atoms with E-state index >= 15 is 0 Å². The van der Waals surface area contributed by atoms with Crippen molar-refractivity contribution in [2.45, 2.75) is 0 Å². The van der Waals surface area contributed by atoms with Crippen molar-refractivity contribution >= 4 is 43.1 Å². The number of benzene rings is 10. The molecule has 0 aliphatic rings. The minimum absolute atomic E-state index is 0.651. The van der Waals surface area contributed by atoms with Gasteiger partial charge in [-0.2, -0.15) is 0 Å². The average Bonchev–Trinajstić information content (AvgIpc) is 0.697. The molecule has 0 heterocycles. The third kappa shape index (κ3) is 5.25. The van der Waals surface area contributed by atoms with E-state index in [1.165, 1.54) is 0 Å². The summed E-state index contributed by atoms with van der Waals surface area (Å²) in [7, 11) is 0. The minimum atomic E-state index is -1.24. The molecular formula is C52H34. The minimum Gasteiger partial charge on any atom is -0.0622 e. The van der Waals surface area contributed by atoms with Crippen LogP contribution in [0.5, 0.6) is 0 Å². The quantitative estimate of drug-likeness (QED) is 0.158. The Labute approximate surface area is 351 Å². The van der Waals surface area contributed by atoms with Crippen LogP contribution < -0.4 is 0 Å². The molecule has 0 amide bonds. The number of hydrogen-bond acceptors (Lipinski definition) is 0. The zero-order valence-corrected chi connectivity index (χ0v) is 26.0. The van der Waals surface area contributed by atoms with Crippen molar-refractivity contribution in [2.75, 3.05) is 0 Å². The summed E-state index contributed by atoms with van der Waals surface area (Å²) in [5, 5.41) is -6.59. The highest BCUT2D eigenvalue weighted by Gasteiger charge is 2.18. The van der Waals surface area contributed by atoms with Crippen molar-refractivity contribution in [3.05, 3.63) is 205 Å². The van der Waals surface area contributed by atoms with Crippen molar-refractivity contribution in [3.63, 3.8) is 0 Å². The van der Waals surface area contributed by atoms with Crippen molar-refractivity contribution in [2.24, 2.45) is 0 Å². The fourth-order valence-electron chi connectivity index (χ4n) is 5.69. The predicted octanol–water partition coefficient (Wildman–Crippen LogP) is 14.6. The molecule has 0 unspecified atom stereocenters. The van der Waals surface area contributed by atoms with Crippen LogP contribution in [0.2, 0.25) is 0 Å². The summed E-state index contributed by atoms with van der Waals surface area (Å²) in [6, 6.07) is -35.7. The van der Waals surface area contributed by atoms with Crippen LogP contribution in [0, 0.1) is 0 Å². The molecule has 0 fully saturated rings. The maximum absolute atomic E-state index is 10.2. The van der Waals surface area contributed by atoms with E-state index in [0.717, 1.165) is 0 Å². The Bertz CT molecular complexity index is 4850. The lowest BCUT2D eigenvalue weighted by Crippen LogP contribution is -1.92. The largest absolute Gasteiger partial charge is 0.0636 e. The summed E-state index contributed by atoms with van der Waals surface area (Å²) >= 11 is 0. The topological polar surface area (TPSA) is 0 Å². The van der Waals surface area contributed by atoms with E-state index in [1.54, 1.807) is 0 Å². The first-order valence-electron chi connectivity index (χ1n) is 32.2. The molecule has 0 radical (unpaired) electrons. The molecule has 10 aromatic rings. The lowest BCUT2D eigenvalue weighted by Gasteiger charge is -2.19. The molecule has 0 bridgehead atoms. The molecule has 0 heteroatoms. The zero-order valence-electron chi connectivity index (χ0n) is 60.0. The first-order chi connectivity index (χ1) is 40.0. The third-order valence-electron chi connectivity index (χ3n) is 8.00. The first kappa shape index (κ1) is 11.4. The monoisotopic (exact) mass is 692 g/mol. The fourth-order valence-corrected chi connectivity index (χ4v) is 5.69. The van der Waals surface area contributed by atoms with Gasteiger partial charge in [-0.1, -0.05) is 181 Å². The highest BCUT2D eigenvalue weighted by atomic mass is 14.2. The molecule has 0 nitrogen and oxygen atoms in total. The second kappa shape index (κ2) is 12.5. The van der Waals surface area contributed by atoms with Gasteiger partial charge >= 0.3 is 0 Å². The third-order valence-corrected chi connectivity index (χ3v) is 8.00. The van der Waals surface area contributed by atoms with Crippen molar-refractivity contribution in [1.82, 2.24) is 0 Å². The van der Waals surface area contributed by atoms with Gasteiger partial charge in [-0.3, -0.25) is 0 Å². The Morgan fingerprint density at radius 3 is 1.29 bits per heavy atom. The molecule has 0 spiro atoms. The smallest absolute Gasteiger partial charge is 0.0622 e.